The molecule has 0 amide bonds. The Morgan fingerprint density at radius 2 is 1.94 bits per heavy atom. The van der Waals surface area contributed by atoms with Crippen molar-refractivity contribution in [2.75, 3.05) is 0 Å². The second-order valence-electron chi connectivity index (χ2n) is 3.90. The van der Waals surface area contributed by atoms with Gasteiger partial charge in [0.15, 0.2) is 0 Å². The molecule has 0 saturated heterocycles. The number of benzene rings is 1. The first kappa shape index (κ1) is 13.1. The summed E-state index contributed by atoms with van der Waals surface area (Å²) in [6.45, 7) is 4.08. The van der Waals surface area contributed by atoms with Gasteiger partial charge in [0.2, 0.25) is 0 Å². The van der Waals surface area contributed by atoms with E-state index >= 15 is 0 Å². The zero-order valence-electron chi connectivity index (χ0n) is 9.43. The molecule has 0 N–H and O–H groups in total. The Hall–Kier alpha value is -0.380. The third-order valence-electron chi connectivity index (χ3n) is 2.58. The molecule has 0 nitrogen and oxygen atoms in total. The molecule has 0 bridgehead atoms. The van der Waals surface area contributed by atoms with Gasteiger partial charge in [-0.1, -0.05) is 15.9 Å². The molecule has 0 aliphatic heterocycles. The summed E-state index contributed by atoms with van der Waals surface area (Å²) >= 11 is 11.6. The lowest BCUT2D eigenvalue weighted by atomic mass is 10.0. The van der Waals surface area contributed by atoms with Gasteiger partial charge >= 0.3 is 0 Å². The van der Waals surface area contributed by atoms with Crippen LogP contribution in [0.15, 0.2) is 28.7 Å². The van der Waals surface area contributed by atoms with Crippen LogP contribution in [0.4, 0.5) is 4.39 Å². The van der Waals surface area contributed by atoms with E-state index in [9.17, 15) is 4.39 Å². The van der Waals surface area contributed by atoms with E-state index in [1.807, 2.05) is 13.8 Å². The molecule has 0 spiro atoms. The van der Waals surface area contributed by atoms with Crippen LogP contribution in [0.1, 0.15) is 26.3 Å². The maximum absolute atomic E-state index is 13.3. The molecule has 1 heterocycles. The van der Waals surface area contributed by atoms with Crippen molar-refractivity contribution < 1.29 is 4.39 Å². The van der Waals surface area contributed by atoms with Crippen molar-refractivity contribution in [2.24, 2.45) is 0 Å². The quantitative estimate of drug-likeness (QED) is 0.628. The molecule has 1 atom stereocenters. The van der Waals surface area contributed by atoms with Gasteiger partial charge in [0, 0.05) is 14.2 Å². The first-order chi connectivity index (χ1) is 7.99. The van der Waals surface area contributed by atoms with Crippen LogP contribution in [0, 0.1) is 19.7 Å². The van der Waals surface area contributed by atoms with Gasteiger partial charge in [-0.15, -0.1) is 22.9 Å². The highest BCUT2D eigenvalue weighted by Gasteiger charge is 2.18. The van der Waals surface area contributed by atoms with Gasteiger partial charge in [0.1, 0.15) is 5.82 Å². The van der Waals surface area contributed by atoms with Crippen molar-refractivity contribution in [1.29, 1.82) is 0 Å². The lowest BCUT2D eigenvalue weighted by Crippen LogP contribution is -1.95. The van der Waals surface area contributed by atoms with Gasteiger partial charge in [-0.25, -0.2) is 4.39 Å². The van der Waals surface area contributed by atoms with Crippen LogP contribution in [0.3, 0.4) is 0 Å². The number of hydrogen-bond acceptors (Lipinski definition) is 1. The van der Waals surface area contributed by atoms with Crippen LogP contribution in [0.2, 0.25) is 0 Å². The standard InChI is InChI=1S/C13H11BrClFS/c1-7-5-10(8(2)17-7)13(15)11-6-9(16)3-4-12(11)14/h3-6,13H,1-2H3. The molecule has 1 aromatic heterocycles. The molecule has 2 rings (SSSR count). The van der Waals surface area contributed by atoms with E-state index in [0.717, 1.165) is 15.6 Å². The van der Waals surface area contributed by atoms with E-state index < -0.39 is 0 Å². The molecule has 0 radical (unpaired) electrons. The lowest BCUT2D eigenvalue weighted by molar-refractivity contribution is 0.625. The highest BCUT2D eigenvalue weighted by atomic mass is 79.9. The van der Waals surface area contributed by atoms with Crippen molar-refractivity contribution in [1.82, 2.24) is 0 Å². The summed E-state index contributed by atoms with van der Waals surface area (Å²) in [6.07, 6.45) is 0. The van der Waals surface area contributed by atoms with Gasteiger partial charge in [-0.2, -0.15) is 0 Å². The molecular weight excluding hydrogens is 323 g/mol. The summed E-state index contributed by atoms with van der Waals surface area (Å²) in [5, 5.41) is -0.315. The van der Waals surface area contributed by atoms with E-state index in [2.05, 4.69) is 22.0 Å². The predicted octanol–water partition coefficient (Wildman–Crippen LogP) is 5.59. The maximum Gasteiger partial charge on any atom is 0.123 e. The Morgan fingerprint density at radius 3 is 2.53 bits per heavy atom. The average molecular weight is 334 g/mol. The first-order valence-electron chi connectivity index (χ1n) is 5.15. The fourth-order valence-corrected chi connectivity index (χ4v) is 3.82. The zero-order chi connectivity index (χ0) is 12.6. The Balaban J connectivity index is 2.46. The maximum atomic E-state index is 13.3. The summed E-state index contributed by atoms with van der Waals surface area (Å²) < 4.78 is 14.1. The van der Waals surface area contributed by atoms with Gasteiger partial charge < -0.3 is 0 Å². The number of aryl methyl sites for hydroxylation is 2. The van der Waals surface area contributed by atoms with Crippen LogP contribution in [-0.2, 0) is 0 Å². The van der Waals surface area contributed by atoms with Crippen molar-refractivity contribution in [2.45, 2.75) is 19.2 Å². The summed E-state index contributed by atoms with van der Waals surface area (Å²) in [5.74, 6) is -0.265. The number of hydrogen-bond donors (Lipinski definition) is 0. The summed E-state index contributed by atoms with van der Waals surface area (Å²) in [7, 11) is 0. The lowest BCUT2D eigenvalue weighted by Gasteiger charge is -2.12. The van der Waals surface area contributed by atoms with E-state index in [1.54, 1.807) is 17.4 Å². The van der Waals surface area contributed by atoms with Crippen molar-refractivity contribution in [3.63, 3.8) is 0 Å². The van der Waals surface area contributed by atoms with Crippen molar-refractivity contribution in [3.8, 4) is 0 Å². The molecular formula is C13H11BrClFS. The SMILES string of the molecule is Cc1cc(C(Cl)c2cc(F)ccc2Br)c(C)s1. The fourth-order valence-electron chi connectivity index (χ4n) is 1.78. The van der Waals surface area contributed by atoms with Gasteiger partial charge in [0.05, 0.1) is 5.38 Å². The van der Waals surface area contributed by atoms with E-state index in [4.69, 9.17) is 11.6 Å². The summed E-state index contributed by atoms with van der Waals surface area (Å²) in [4.78, 5) is 2.40. The third-order valence-corrected chi connectivity index (χ3v) is 4.76. The molecule has 2 aromatic rings. The van der Waals surface area contributed by atoms with Gasteiger partial charge in [-0.05, 0) is 49.2 Å². The Labute approximate surface area is 118 Å². The highest BCUT2D eigenvalue weighted by Crippen LogP contribution is 2.38. The van der Waals surface area contributed by atoms with Crippen LogP contribution < -0.4 is 0 Å². The van der Waals surface area contributed by atoms with Crippen LogP contribution >= 0.6 is 38.9 Å². The molecule has 0 aliphatic carbocycles. The topological polar surface area (TPSA) is 0 Å². The highest BCUT2D eigenvalue weighted by molar-refractivity contribution is 9.10. The number of thiophene rings is 1. The Kier molecular flexibility index (Phi) is 3.91. The minimum Gasteiger partial charge on any atom is -0.207 e. The average Bonchev–Trinajstić information content (AvgIpc) is 2.60. The molecule has 0 fully saturated rings. The first-order valence-corrected chi connectivity index (χ1v) is 7.19. The molecule has 0 saturated carbocycles. The minimum atomic E-state index is -0.315. The number of rotatable bonds is 2. The fraction of sp³-hybridized carbons (Fsp3) is 0.231. The van der Waals surface area contributed by atoms with E-state index in [-0.39, 0.29) is 11.2 Å². The smallest absolute Gasteiger partial charge is 0.123 e. The summed E-state index contributed by atoms with van der Waals surface area (Å²) in [6, 6.07) is 6.65. The predicted molar refractivity (Wildman–Crippen MR) is 75.6 cm³/mol. The monoisotopic (exact) mass is 332 g/mol. The third kappa shape index (κ3) is 2.72. The normalized spacial score (nSPS) is 12.8. The minimum absolute atomic E-state index is 0.265. The van der Waals surface area contributed by atoms with Gasteiger partial charge in [0.25, 0.3) is 0 Å². The van der Waals surface area contributed by atoms with Crippen molar-refractivity contribution in [3.05, 3.63) is 55.4 Å². The largest absolute Gasteiger partial charge is 0.207 e. The van der Waals surface area contributed by atoms with E-state index in [0.29, 0.717) is 0 Å². The molecule has 4 heteroatoms. The summed E-state index contributed by atoms with van der Waals surface area (Å²) in [5.41, 5.74) is 1.83. The molecule has 90 valence electrons. The zero-order valence-corrected chi connectivity index (χ0v) is 12.6. The molecule has 17 heavy (non-hydrogen) atoms. The second kappa shape index (κ2) is 5.09. The molecule has 0 aliphatic rings. The number of halogens is 3. The second-order valence-corrected chi connectivity index (χ2v) is 6.65. The number of alkyl halides is 1. The van der Waals surface area contributed by atoms with Gasteiger partial charge in [-0.3, -0.25) is 0 Å². The van der Waals surface area contributed by atoms with Crippen LogP contribution in [0.5, 0.6) is 0 Å². The Morgan fingerprint density at radius 1 is 1.24 bits per heavy atom. The van der Waals surface area contributed by atoms with Crippen LogP contribution in [0.25, 0.3) is 0 Å². The molecule has 1 aromatic carbocycles. The molecule has 1 unspecified atom stereocenters. The van der Waals surface area contributed by atoms with Crippen molar-refractivity contribution >= 4 is 38.9 Å². The van der Waals surface area contributed by atoms with E-state index in [1.165, 1.54) is 21.9 Å². The van der Waals surface area contributed by atoms with Crippen LogP contribution in [-0.4, -0.2) is 0 Å². The Bertz CT molecular complexity index is 550.